The van der Waals surface area contributed by atoms with E-state index in [0.29, 0.717) is 12.2 Å². The van der Waals surface area contributed by atoms with E-state index in [1.165, 1.54) is 6.08 Å². The first-order valence-electron chi connectivity index (χ1n) is 6.76. The van der Waals surface area contributed by atoms with Gasteiger partial charge < -0.3 is 9.84 Å². The molecule has 1 aliphatic rings. The molecule has 0 saturated carbocycles. The summed E-state index contributed by atoms with van der Waals surface area (Å²) < 4.78 is 5.13. The van der Waals surface area contributed by atoms with Crippen molar-refractivity contribution in [2.24, 2.45) is 5.92 Å². The van der Waals surface area contributed by atoms with Gasteiger partial charge in [-0.2, -0.15) is 0 Å². The number of rotatable bonds is 6. The lowest BCUT2D eigenvalue weighted by molar-refractivity contribution is -0.159. The summed E-state index contributed by atoms with van der Waals surface area (Å²) in [6.45, 7) is 5.64. The van der Waals surface area contributed by atoms with Crippen molar-refractivity contribution in [3.05, 3.63) is 23.8 Å². The highest BCUT2D eigenvalue weighted by molar-refractivity contribution is 5.96. The molecular weight excluding hydrogens is 244 g/mol. The fourth-order valence-electron chi connectivity index (χ4n) is 2.14. The number of esters is 1. The van der Waals surface area contributed by atoms with Gasteiger partial charge in [-0.25, -0.2) is 0 Å². The molecular formula is C15H22O4. The molecule has 0 fully saturated rings. The highest BCUT2D eigenvalue weighted by atomic mass is 16.5. The largest absolute Gasteiger partial charge is 0.465 e. The molecule has 0 amide bonds. The van der Waals surface area contributed by atoms with Crippen LogP contribution < -0.4 is 0 Å². The highest BCUT2D eigenvalue weighted by Crippen LogP contribution is 2.33. The summed E-state index contributed by atoms with van der Waals surface area (Å²) >= 11 is 0. The van der Waals surface area contributed by atoms with Crippen LogP contribution in [0.25, 0.3) is 0 Å². The Morgan fingerprint density at radius 2 is 2.11 bits per heavy atom. The van der Waals surface area contributed by atoms with Gasteiger partial charge in [0.1, 0.15) is 5.92 Å². The maximum Gasteiger partial charge on any atom is 0.316 e. The molecule has 0 aromatic heterocycles. The van der Waals surface area contributed by atoms with Crippen LogP contribution in [0.3, 0.4) is 0 Å². The smallest absolute Gasteiger partial charge is 0.316 e. The van der Waals surface area contributed by atoms with Crippen molar-refractivity contribution < 1.29 is 19.4 Å². The van der Waals surface area contributed by atoms with Gasteiger partial charge in [0.25, 0.3) is 0 Å². The van der Waals surface area contributed by atoms with Gasteiger partial charge in [-0.15, -0.1) is 0 Å². The summed E-state index contributed by atoms with van der Waals surface area (Å²) in [4.78, 5) is 24.1. The van der Waals surface area contributed by atoms with Crippen LogP contribution >= 0.6 is 0 Å². The second-order valence-corrected chi connectivity index (χ2v) is 4.78. The lowest BCUT2D eigenvalue weighted by atomic mass is 9.74. The molecule has 0 aromatic carbocycles. The van der Waals surface area contributed by atoms with Crippen LogP contribution in [0.15, 0.2) is 23.8 Å². The minimum atomic E-state index is -1.76. The van der Waals surface area contributed by atoms with Gasteiger partial charge in [-0.3, -0.25) is 9.59 Å². The number of ketones is 1. The van der Waals surface area contributed by atoms with Gasteiger partial charge in [0.2, 0.25) is 0 Å². The number of carbonyl (C=O) groups excluding carboxylic acids is 2. The van der Waals surface area contributed by atoms with Gasteiger partial charge in [-0.05, 0) is 18.9 Å². The van der Waals surface area contributed by atoms with Crippen molar-refractivity contribution in [3.8, 4) is 0 Å². The van der Waals surface area contributed by atoms with Gasteiger partial charge >= 0.3 is 5.97 Å². The fraction of sp³-hybridized carbons (Fsp3) is 0.600. The van der Waals surface area contributed by atoms with E-state index < -0.39 is 17.5 Å². The number of allylic oxidation sites excluding steroid dienone is 2. The standard InChI is InChI=1S/C15H22O4/c1-4-6-10-19-14(17)12-9-7-8-11(3)15(12,18)13(16)5-2/h7-9,12,18H,4-6,10H2,1-3H3. The second-order valence-electron chi connectivity index (χ2n) is 4.78. The van der Waals surface area contributed by atoms with E-state index in [-0.39, 0.29) is 12.2 Å². The number of aliphatic hydroxyl groups is 1. The van der Waals surface area contributed by atoms with Crippen molar-refractivity contribution in [1.82, 2.24) is 0 Å². The van der Waals surface area contributed by atoms with Crippen molar-refractivity contribution in [1.29, 1.82) is 0 Å². The zero-order valence-electron chi connectivity index (χ0n) is 11.8. The van der Waals surface area contributed by atoms with Crippen LogP contribution in [0.2, 0.25) is 0 Å². The van der Waals surface area contributed by atoms with Crippen molar-refractivity contribution in [3.63, 3.8) is 0 Å². The van der Waals surface area contributed by atoms with E-state index in [4.69, 9.17) is 4.74 Å². The van der Waals surface area contributed by atoms with Crippen molar-refractivity contribution in [2.45, 2.75) is 45.6 Å². The van der Waals surface area contributed by atoms with E-state index >= 15 is 0 Å². The van der Waals surface area contributed by atoms with Crippen LogP contribution in [-0.4, -0.2) is 29.1 Å². The molecule has 0 bridgehead atoms. The van der Waals surface area contributed by atoms with Crippen LogP contribution in [0.1, 0.15) is 40.0 Å². The van der Waals surface area contributed by atoms with E-state index in [1.807, 2.05) is 6.92 Å². The molecule has 1 rings (SSSR count). The monoisotopic (exact) mass is 266 g/mol. The summed E-state index contributed by atoms with van der Waals surface area (Å²) in [5, 5.41) is 10.6. The molecule has 1 aliphatic carbocycles. The third-order valence-electron chi connectivity index (χ3n) is 3.44. The molecule has 2 atom stereocenters. The molecule has 0 aromatic rings. The molecule has 0 heterocycles. The van der Waals surface area contributed by atoms with Crippen molar-refractivity contribution in [2.75, 3.05) is 6.61 Å². The van der Waals surface area contributed by atoms with Gasteiger partial charge in [0.15, 0.2) is 11.4 Å². The Balaban J connectivity index is 2.91. The number of unbranched alkanes of at least 4 members (excludes halogenated alkanes) is 1. The number of carbonyl (C=O) groups is 2. The van der Waals surface area contributed by atoms with Crippen LogP contribution in [0.4, 0.5) is 0 Å². The predicted octanol–water partition coefficient (Wildman–Crippen LogP) is 2.17. The summed E-state index contributed by atoms with van der Waals surface area (Å²) in [5.41, 5.74) is -1.27. The first-order chi connectivity index (χ1) is 8.98. The molecule has 19 heavy (non-hydrogen) atoms. The summed E-state index contributed by atoms with van der Waals surface area (Å²) in [6, 6.07) is 0. The Kier molecular flexibility index (Phi) is 5.48. The zero-order chi connectivity index (χ0) is 14.5. The average Bonchev–Trinajstić information content (AvgIpc) is 2.41. The predicted molar refractivity (Wildman–Crippen MR) is 72.5 cm³/mol. The zero-order valence-corrected chi connectivity index (χ0v) is 11.8. The summed E-state index contributed by atoms with van der Waals surface area (Å²) in [5.74, 6) is -1.84. The normalized spacial score (nSPS) is 25.9. The quantitative estimate of drug-likeness (QED) is 0.591. The first kappa shape index (κ1) is 15.6. The van der Waals surface area contributed by atoms with Crippen LogP contribution in [-0.2, 0) is 14.3 Å². The van der Waals surface area contributed by atoms with Crippen LogP contribution in [0, 0.1) is 5.92 Å². The molecule has 106 valence electrons. The molecule has 0 aliphatic heterocycles. The molecule has 1 N–H and O–H groups in total. The molecule has 4 heteroatoms. The Hall–Kier alpha value is -1.42. The maximum absolute atomic E-state index is 12.0. The van der Waals surface area contributed by atoms with Gasteiger partial charge in [0.05, 0.1) is 6.61 Å². The third-order valence-corrected chi connectivity index (χ3v) is 3.44. The number of Topliss-reactive ketones (excluding diaryl/α,β-unsaturated/α-hetero) is 1. The average molecular weight is 266 g/mol. The SMILES string of the molecule is CCCCOC(=O)C1C=CC=C(C)C1(O)C(=O)CC. The second kappa shape index (κ2) is 6.66. The molecule has 4 nitrogen and oxygen atoms in total. The minimum Gasteiger partial charge on any atom is -0.465 e. The lowest BCUT2D eigenvalue weighted by Crippen LogP contribution is -2.50. The minimum absolute atomic E-state index is 0.175. The molecule has 0 radical (unpaired) electrons. The number of ether oxygens (including phenoxy) is 1. The summed E-state index contributed by atoms with van der Waals surface area (Å²) in [6.07, 6.45) is 6.74. The number of hydrogen-bond donors (Lipinski definition) is 1. The first-order valence-corrected chi connectivity index (χ1v) is 6.76. The van der Waals surface area contributed by atoms with E-state index in [9.17, 15) is 14.7 Å². The highest BCUT2D eigenvalue weighted by Gasteiger charge is 2.48. The Labute approximate surface area is 114 Å². The Morgan fingerprint density at radius 1 is 1.42 bits per heavy atom. The van der Waals surface area contributed by atoms with Gasteiger partial charge in [0, 0.05) is 6.42 Å². The van der Waals surface area contributed by atoms with E-state index in [1.54, 1.807) is 26.0 Å². The molecule has 0 saturated heterocycles. The van der Waals surface area contributed by atoms with Gasteiger partial charge in [-0.1, -0.05) is 38.5 Å². The molecule has 0 spiro atoms. The van der Waals surface area contributed by atoms with Crippen LogP contribution in [0.5, 0.6) is 0 Å². The fourth-order valence-corrected chi connectivity index (χ4v) is 2.14. The van der Waals surface area contributed by atoms with Crippen molar-refractivity contribution >= 4 is 11.8 Å². The topological polar surface area (TPSA) is 63.6 Å². The maximum atomic E-state index is 12.0. The summed E-state index contributed by atoms with van der Waals surface area (Å²) in [7, 11) is 0. The third kappa shape index (κ3) is 3.13. The van der Waals surface area contributed by atoms with E-state index in [0.717, 1.165) is 12.8 Å². The lowest BCUT2D eigenvalue weighted by Gasteiger charge is -2.34. The molecule has 2 unspecified atom stereocenters. The Morgan fingerprint density at radius 3 is 2.68 bits per heavy atom. The Bertz CT molecular complexity index is 408. The number of hydrogen-bond acceptors (Lipinski definition) is 4. The van der Waals surface area contributed by atoms with E-state index in [2.05, 4.69) is 0 Å².